The smallest absolute Gasteiger partial charge is 0.243 e. The van der Waals surface area contributed by atoms with E-state index in [-0.39, 0.29) is 23.8 Å². The van der Waals surface area contributed by atoms with E-state index in [2.05, 4.69) is 31.2 Å². The fourth-order valence-corrected chi connectivity index (χ4v) is 5.60. The molecule has 3 aromatic rings. The van der Waals surface area contributed by atoms with Crippen molar-refractivity contribution >= 4 is 29.5 Å². The van der Waals surface area contributed by atoms with E-state index in [4.69, 9.17) is 14.7 Å². The fourth-order valence-electron chi connectivity index (χ4n) is 5.60. The first-order chi connectivity index (χ1) is 22.2. The second-order valence-corrected chi connectivity index (χ2v) is 12.3. The van der Waals surface area contributed by atoms with E-state index in [9.17, 15) is 14.4 Å². The van der Waals surface area contributed by atoms with Gasteiger partial charge < -0.3 is 30.9 Å². The van der Waals surface area contributed by atoms with Crippen molar-refractivity contribution in [2.24, 2.45) is 5.92 Å². The summed E-state index contributed by atoms with van der Waals surface area (Å²) < 4.78 is 6.14. The number of anilines is 2. The number of pyridine rings is 1. The average Bonchev–Trinajstić information content (AvgIpc) is 3.06. The maximum atomic E-state index is 13.8. The minimum absolute atomic E-state index is 0.106. The van der Waals surface area contributed by atoms with E-state index < -0.39 is 24.0 Å². The van der Waals surface area contributed by atoms with Crippen molar-refractivity contribution in [3.05, 3.63) is 77.7 Å². The Hall–Kier alpha value is -4.58. The minimum Gasteiger partial charge on any atom is -0.372 e. The quantitative estimate of drug-likeness (QED) is 0.309. The van der Waals surface area contributed by atoms with Crippen molar-refractivity contribution in [2.45, 2.75) is 77.3 Å². The number of amides is 3. The summed E-state index contributed by atoms with van der Waals surface area (Å²) in [7, 11) is 0. The molecule has 0 radical (unpaired) electrons. The standard InChI is InChI=1S/C34H44N8O4/c1-22(2)30-33(45)37-23(3)31(43)36-16-12-25-20-29(39-28(32(44)41-30)19-24-9-5-4-6-10-24)40-34(38-25)42-17-13-27(14-18-42)46-21-26-11-7-8-15-35-26/h4-11,15,20,22-23,27-28,30H,12-14,16-19,21H2,1-3H3,(H,36,43)(H,37,45)(H,41,44)(H,38,39,40)/t23-,28-,30+/m0/s1. The number of hydrogen-bond acceptors (Lipinski definition) is 9. The summed E-state index contributed by atoms with van der Waals surface area (Å²) in [5, 5.41) is 12.0. The number of ether oxygens (including phenoxy) is 1. The molecule has 12 nitrogen and oxygen atoms in total. The highest BCUT2D eigenvalue weighted by Crippen LogP contribution is 2.22. The number of fused-ring (bicyclic) bond motifs is 2. The number of nitrogens with zero attached hydrogens (tertiary/aromatic N) is 4. The van der Waals surface area contributed by atoms with E-state index in [1.54, 1.807) is 13.1 Å². The van der Waals surface area contributed by atoms with E-state index in [0.717, 1.165) is 29.8 Å². The molecule has 0 unspecified atom stereocenters. The molecule has 2 aliphatic heterocycles. The topological polar surface area (TPSA) is 150 Å². The number of hydrogen-bond donors (Lipinski definition) is 4. The molecule has 1 saturated heterocycles. The largest absolute Gasteiger partial charge is 0.372 e. The summed E-state index contributed by atoms with van der Waals surface area (Å²) in [5.74, 6) is -0.195. The number of carbonyl (C=O) groups excluding carboxylic acids is 3. The molecule has 5 rings (SSSR count). The third-order valence-corrected chi connectivity index (χ3v) is 8.29. The summed E-state index contributed by atoms with van der Waals surface area (Å²) in [6.45, 7) is 7.58. The molecule has 0 saturated carbocycles. The zero-order chi connectivity index (χ0) is 32.5. The van der Waals surface area contributed by atoms with Crippen LogP contribution in [0.25, 0.3) is 0 Å². The van der Waals surface area contributed by atoms with Crippen LogP contribution in [0, 0.1) is 5.92 Å². The van der Waals surface area contributed by atoms with Crippen LogP contribution in [-0.2, 0) is 38.6 Å². The van der Waals surface area contributed by atoms with Crippen molar-refractivity contribution in [1.82, 2.24) is 30.9 Å². The lowest BCUT2D eigenvalue weighted by Crippen LogP contribution is -2.56. The van der Waals surface area contributed by atoms with Gasteiger partial charge in [-0.15, -0.1) is 0 Å². The first-order valence-corrected chi connectivity index (χ1v) is 16.1. The molecule has 46 heavy (non-hydrogen) atoms. The van der Waals surface area contributed by atoms with Gasteiger partial charge in [0.15, 0.2) is 0 Å². The number of rotatable bonds is 7. The Bertz CT molecular complexity index is 1460. The van der Waals surface area contributed by atoms with Crippen LogP contribution in [0.1, 0.15) is 50.6 Å². The lowest BCUT2D eigenvalue weighted by molar-refractivity contribution is -0.132. The second kappa shape index (κ2) is 15.6. The zero-order valence-corrected chi connectivity index (χ0v) is 26.7. The van der Waals surface area contributed by atoms with Gasteiger partial charge in [0.25, 0.3) is 0 Å². The number of piperidine rings is 1. The highest BCUT2D eigenvalue weighted by atomic mass is 16.5. The van der Waals surface area contributed by atoms with Crippen molar-refractivity contribution < 1.29 is 19.1 Å². The first kappa shape index (κ1) is 32.8. The van der Waals surface area contributed by atoms with Crippen molar-refractivity contribution in [3.8, 4) is 0 Å². The van der Waals surface area contributed by atoms with Gasteiger partial charge in [-0.3, -0.25) is 19.4 Å². The Morgan fingerprint density at radius 2 is 1.67 bits per heavy atom. The third kappa shape index (κ3) is 9.00. The molecule has 4 heterocycles. The molecule has 3 amide bonds. The Morgan fingerprint density at radius 1 is 0.913 bits per heavy atom. The first-order valence-electron chi connectivity index (χ1n) is 16.1. The van der Waals surface area contributed by atoms with Crippen LogP contribution >= 0.6 is 0 Å². The van der Waals surface area contributed by atoms with Crippen molar-refractivity contribution in [3.63, 3.8) is 0 Å². The lowest BCUT2D eigenvalue weighted by Gasteiger charge is -2.32. The van der Waals surface area contributed by atoms with Gasteiger partial charge in [0.05, 0.1) is 18.4 Å². The van der Waals surface area contributed by atoms with Crippen LogP contribution in [0.4, 0.5) is 11.8 Å². The van der Waals surface area contributed by atoms with Gasteiger partial charge in [0.1, 0.15) is 23.9 Å². The predicted molar refractivity (Wildman–Crippen MR) is 175 cm³/mol. The monoisotopic (exact) mass is 628 g/mol. The Kier molecular flexibility index (Phi) is 11.1. The summed E-state index contributed by atoms with van der Waals surface area (Å²) in [6.07, 6.45) is 4.33. The Balaban J connectivity index is 1.38. The third-order valence-electron chi connectivity index (χ3n) is 8.29. The van der Waals surface area contributed by atoms with Gasteiger partial charge in [-0.2, -0.15) is 4.98 Å². The average molecular weight is 629 g/mol. The van der Waals surface area contributed by atoms with Crippen molar-refractivity contribution in [2.75, 3.05) is 29.9 Å². The molecule has 244 valence electrons. The lowest BCUT2D eigenvalue weighted by atomic mass is 10.0. The van der Waals surface area contributed by atoms with Crippen molar-refractivity contribution in [1.29, 1.82) is 0 Å². The minimum atomic E-state index is -0.828. The van der Waals surface area contributed by atoms with Gasteiger partial charge in [0, 0.05) is 50.4 Å². The van der Waals surface area contributed by atoms with Gasteiger partial charge >= 0.3 is 0 Å². The molecule has 3 atom stereocenters. The Morgan fingerprint density at radius 3 is 2.39 bits per heavy atom. The van der Waals surface area contributed by atoms with Crippen LogP contribution in [0.2, 0.25) is 0 Å². The number of carbonyl (C=O) groups is 3. The zero-order valence-electron chi connectivity index (χ0n) is 26.7. The number of nitrogens with one attached hydrogen (secondary N) is 4. The van der Waals surface area contributed by atoms with Crippen LogP contribution in [0.5, 0.6) is 0 Å². The molecular formula is C34H44N8O4. The molecule has 2 aliphatic rings. The van der Waals surface area contributed by atoms with E-state index in [1.807, 2.05) is 68.4 Å². The normalized spacial score (nSPS) is 21.8. The van der Waals surface area contributed by atoms with Gasteiger partial charge in [-0.25, -0.2) is 4.98 Å². The molecule has 2 aromatic heterocycles. The predicted octanol–water partition coefficient (Wildman–Crippen LogP) is 2.40. The molecule has 0 aliphatic carbocycles. The fraction of sp³-hybridized carbons (Fsp3) is 0.471. The van der Waals surface area contributed by atoms with E-state index in [1.165, 1.54) is 0 Å². The number of aromatic nitrogens is 3. The summed E-state index contributed by atoms with van der Waals surface area (Å²) in [5.41, 5.74) is 2.60. The molecule has 4 N–H and O–H groups in total. The number of benzene rings is 1. The summed E-state index contributed by atoms with van der Waals surface area (Å²) in [4.78, 5) is 56.1. The highest BCUT2D eigenvalue weighted by Gasteiger charge is 2.31. The SMILES string of the molecule is CC(C)[C@H]1NC(=O)[C@H](Cc2ccccc2)Nc2cc(nc(N3CCC(OCc4ccccn4)CC3)n2)CCNC(=O)[C@H](C)NC1=O. The maximum absolute atomic E-state index is 13.8. The van der Waals surface area contributed by atoms with Gasteiger partial charge in [-0.1, -0.05) is 50.2 Å². The highest BCUT2D eigenvalue weighted by molar-refractivity contribution is 5.93. The van der Waals surface area contributed by atoms with E-state index in [0.29, 0.717) is 50.8 Å². The van der Waals surface area contributed by atoms with Crippen LogP contribution in [-0.4, -0.2) is 76.5 Å². The molecular weight excluding hydrogens is 584 g/mol. The van der Waals surface area contributed by atoms with Crippen LogP contribution < -0.4 is 26.2 Å². The van der Waals surface area contributed by atoms with Crippen LogP contribution in [0.15, 0.2) is 60.8 Å². The Labute approximate surface area is 270 Å². The summed E-state index contributed by atoms with van der Waals surface area (Å²) in [6, 6.07) is 15.0. The second-order valence-electron chi connectivity index (χ2n) is 12.3. The molecule has 0 spiro atoms. The van der Waals surface area contributed by atoms with Gasteiger partial charge in [-0.05, 0) is 43.4 Å². The maximum Gasteiger partial charge on any atom is 0.243 e. The molecule has 1 aromatic carbocycles. The molecule has 1 fully saturated rings. The summed E-state index contributed by atoms with van der Waals surface area (Å²) >= 11 is 0. The van der Waals surface area contributed by atoms with Gasteiger partial charge in [0.2, 0.25) is 23.7 Å². The van der Waals surface area contributed by atoms with Crippen LogP contribution in [0.3, 0.4) is 0 Å². The molecule has 2 bridgehead atoms. The van der Waals surface area contributed by atoms with E-state index >= 15 is 0 Å². The molecule has 12 heteroatoms.